The Morgan fingerprint density at radius 1 is 1.23 bits per heavy atom. The molecule has 8 nitrogen and oxygen atoms in total. The van der Waals surface area contributed by atoms with Gasteiger partial charge in [0.2, 0.25) is 0 Å². The first-order valence-electron chi connectivity index (χ1n) is 10.6. The highest BCUT2D eigenvalue weighted by molar-refractivity contribution is 7.99. The van der Waals surface area contributed by atoms with E-state index in [-0.39, 0.29) is 5.91 Å². The Balaban J connectivity index is 1.52. The van der Waals surface area contributed by atoms with Crippen LogP contribution < -0.4 is 10.2 Å². The Kier molecular flexibility index (Phi) is 7.29. The van der Waals surface area contributed by atoms with E-state index < -0.39 is 0 Å². The van der Waals surface area contributed by atoms with Crippen molar-refractivity contribution in [2.75, 3.05) is 36.5 Å². The van der Waals surface area contributed by atoms with Gasteiger partial charge in [-0.15, -0.1) is 11.8 Å². The van der Waals surface area contributed by atoms with Crippen LogP contribution >= 0.6 is 23.5 Å². The van der Waals surface area contributed by atoms with Crippen molar-refractivity contribution in [2.45, 2.75) is 42.9 Å². The highest BCUT2D eigenvalue weighted by Crippen LogP contribution is 2.29. The van der Waals surface area contributed by atoms with Crippen molar-refractivity contribution in [3.05, 3.63) is 30.1 Å². The number of nitrogens with one attached hydrogen (secondary N) is 1. The van der Waals surface area contributed by atoms with Crippen molar-refractivity contribution in [1.82, 2.24) is 30.0 Å². The maximum atomic E-state index is 12.6. The lowest BCUT2D eigenvalue weighted by molar-refractivity contribution is 0.0948. The van der Waals surface area contributed by atoms with Crippen LogP contribution in [0.5, 0.6) is 0 Å². The number of thioether (sulfide) groups is 2. The molecule has 3 aromatic rings. The molecule has 1 N–H and O–H groups in total. The molecule has 0 atom stereocenters. The standard InChI is InChI=1S/C21H27N7OS2/c1-3-31-21-25-17(27-11-5-4-6-12-27)16-14-24-28(18(16)26-21)13-10-22-19(29)15-8-7-9-23-20(15)30-2/h7-9,14H,3-6,10-13H2,1-2H3,(H,22,29). The van der Waals surface area contributed by atoms with Crippen LogP contribution in [-0.2, 0) is 6.54 Å². The molecule has 0 saturated carbocycles. The fourth-order valence-electron chi connectivity index (χ4n) is 3.72. The van der Waals surface area contributed by atoms with E-state index in [1.165, 1.54) is 31.0 Å². The summed E-state index contributed by atoms with van der Waals surface area (Å²) in [5.74, 6) is 1.77. The van der Waals surface area contributed by atoms with Gasteiger partial charge in [0.05, 0.1) is 23.7 Å². The minimum Gasteiger partial charge on any atom is -0.356 e. The molecule has 4 rings (SSSR count). The molecule has 0 radical (unpaired) electrons. The summed E-state index contributed by atoms with van der Waals surface area (Å²) >= 11 is 3.11. The van der Waals surface area contributed by atoms with Crippen LogP contribution in [0.2, 0.25) is 0 Å². The van der Waals surface area contributed by atoms with Gasteiger partial charge in [-0.1, -0.05) is 18.7 Å². The average molecular weight is 458 g/mol. The summed E-state index contributed by atoms with van der Waals surface area (Å²) in [5, 5.41) is 10.0. The van der Waals surface area contributed by atoms with Crippen LogP contribution in [-0.4, -0.2) is 62.3 Å². The Morgan fingerprint density at radius 3 is 2.84 bits per heavy atom. The van der Waals surface area contributed by atoms with Crippen LogP contribution in [0, 0.1) is 0 Å². The Morgan fingerprint density at radius 2 is 2.06 bits per heavy atom. The number of carbonyl (C=O) groups excluding carboxylic acids is 1. The molecule has 31 heavy (non-hydrogen) atoms. The third-order valence-electron chi connectivity index (χ3n) is 5.20. The zero-order valence-corrected chi connectivity index (χ0v) is 19.5. The second-order valence-electron chi connectivity index (χ2n) is 7.23. The van der Waals surface area contributed by atoms with Crippen LogP contribution in [0.15, 0.2) is 34.7 Å². The highest BCUT2D eigenvalue weighted by atomic mass is 32.2. The van der Waals surface area contributed by atoms with E-state index >= 15 is 0 Å². The van der Waals surface area contributed by atoms with Crippen molar-refractivity contribution < 1.29 is 4.79 Å². The summed E-state index contributed by atoms with van der Waals surface area (Å²) in [6.07, 6.45) is 9.12. The van der Waals surface area contributed by atoms with E-state index in [4.69, 9.17) is 9.97 Å². The molecule has 1 fully saturated rings. The summed E-state index contributed by atoms with van der Waals surface area (Å²) in [6, 6.07) is 3.57. The lowest BCUT2D eigenvalue weighted by Crippen LogP contribution is -2.30. The largest absolute Gasteiger partial charge is 0.356 e. The fourth-order valence-corrected chi connectivity index (χ4v) is 4.83. The Bertz CT molecular complexity index is 1050. The van der Waals surface area contributed by atoms with Gasteiger partial charge < -0.3 is 10.2 Å². The second kappa shape index (κ2) is 10.3. The Labute approximate surface area is 190 Å². The normalized spacial score (nSPS) is 14.2. The quantitative estimate of drug-likeness (QED) is 0.406. The summed E-state index contributed by atoms with van der Waals surface area (Å²) in [4.78, 5) is 28.8. The minimum absolute atomic E-state index is 0.125. The lowest BCUT2D eigenvalue weighted by Gasteiger charge is -2.28. The maximum absolute atomic E-state index is 12.6. The smallest absolute Gasteiger partial charge is 0.254 e. The van der Waals surface area contributed by atoms with Crippen LogP contribution in [0.1, 0.15) is 36.5 Å². The summed E-state index contributed by atoms with van der Waals surface area (Å²) in [7, 11) is 0. The molecule has 0 spiro atoms. The SMILES string of the molecule is CCSc1nc(N2CCCCC2)c2cnn(CCNC(=O)c3cccnc3SC)c2n1. The van der Waals surface area contributed by atoms with E-state index in [1.807, 2.05) is 17.1 Å². The molecule has 1 aliphatic heterocycles. The van der Waals surface area contributed by atoms with E-state index in [9.17, 15) is 4.79 Å². The van der Waals surface area contributed by atoms with E-state index in [0.717, 1.165) is 45.9 Å². The molecule has 1 saturated heterocycles. The highest BCUT2D eigenvalue weighted by Gasteiger charge is 2.20. The van der Waals surface area contributed by atoms with Gasteiger partial charge in [-0.05, 0) is 43.4 Å². The number of carbonyl (C=O) groups is 1. The minimum atomic E-state index is -0.125. The van der Waals surface area contributed by atoms with Gasteiger partial charge in [0, 0.05) is 25.8 Å². The van der Waals surface area contributed by atoms with Gasteiger partial charge in [-0.2, -0.15) is 5.10 Å². The van der Waals surface area contributed by atoms with E-state index in [0.29, 0.717) is 18.7 Å². The number of piperidine rings is 1. The number of pyridine rings is 1. The van der Waals surface area contributed by atoms with E-state index in [2.05, 4.69) is 27.2 Å². The van der Waals surface area contributed by atoms with Gasteiger partial charge in [-0.3, -0.25) is 4.79 Å². The van der Waals surface area contributed by atoms with Gasteiger partial charge in [0.1, 0.15) is 10.8 Å². The zero-order chi connectivity index (χ0) is 21.6. The number of rotatable bonds is 8. The van der Waals surface area contributed by atoms with Crippen molar-refractivity contribution in [2.24, 2.45) is 0 Å². The molecular weight excluding hydrogens is 430 g/mol. The Hall–Kier alpha value is -2.33. The van der Waals surface area contributed by atoms with Crippen LogP contribution in [0.4, 0.5) is 5.82 Å². The molecule has 0 bridgehead atoms. The number of anilines is 1. The zero-order valence-electron chi connectivity index (χ0n) is 17.9. The number of fused-ring (bicyclic) bond motifs is 1. The molecule has 1 amide bonds. The first kappa shape index (κ1) is 21.9. The molecule has 3 aromatic heterocycles. The van der Waals surface area contributed by atoms with Crippen LogP contribution in [0.3, 0.4) is 0 Å². The van der Waals surface area contributed by atoms with Gasteiger partial charge >= 0.3 is 0 Å². The topological polar surface area (TPSA) is 88.8 Å². The van der Waals surface area contributed by atoms with Gasteiger partial charge in [-0.25, -0.2) is 19.6 Å². The average Bonchev–Trinajstić information content (AvgIpc) is 3.22. The number of amides is 1. The third-order valence-corrected chi connectivity index (χ3v) is 6.64. The molecule has 1 aliphatic rings. The van der Waals surface area contributed by atoms with Crippen LogP contribution in [0.25, 0.3) is 11.0 Å². The van der Waals surface area contributed by atoms with Crippen molar-refractivity contribution in [1.29, 1.82) is 0 Å². The molecule has 0 unspecified atom stereocenters. The number of nitrogens with zero attached hydrogens (tertiary/aromatic N) is 6. The molecule has 0 aliphatic carbocycles. The number of hydrogen-bond acceptors (Lipinski definition) is 8. The lowest BCUT2D eigenvalue weighted by atomic mass is 10.1. The molecule has 164 valence electrons. The van der Waals surface area contributed by atoms with E-state index in [1.54, 1.807) is 30.1 Å². The fraction of sp³-hybridized carbons (Fsp3) is 0.476. The first-order chi connectivity index (χ1) is 15.2. The molecule has 10 heteroatoms. The van der Waals surface area contributed by atoms with Gasteiger partial charge in [0.25, 0.3) is 5.91 Å². The van der Waals surface area contributed by atoms with Crippen molar-refractivity contribution in [3.63, 3.8) is 0 Å². The molecule has 4 heterocycles. The first-order valence-corrected chi connectivity index (χ1v) is 12.8. The second-order valence-corrected chi connectivity index (χ2v) is 9.26. The number of hydrogen-bond donors (Lipinski definition) is 1. The molecular formula is C21H27N7OS2. The number of aromatic nitrogens is 5. The van der Waals surface area contributed by atoms with Gasteiger partial charge in [0.15, 0.2) is 10.8 Å². The van der Waals surface area contributed by atoms with Crippen molar-refractivity contribution >= 4 is 46.3 Å². The maximum Gasteiger partial charge on any atom is 0.254 e. The summed E-state index contributed by atoms with van der Waals surface area (Å²) in [5.41, 5.74) is 1.42. The van der Waals surface area contributed by atoms with Crippen molar-refractivity contribution in [3.8, 4) is 0 Å². The molecule has 0 aromatic carbocycles. The predicted molar refractivity (Wildman–Crippen MR) is 126 cm³/mol. The summed E-state index contributed by atoms with van der Waals surface area (Å²) < 4.78 is 1.86. The monoisotopic (exact) mass is 457 g/mol. The predicted octanol–water partition coefficient (Wildman–Crippen LogP) is 3.48. The summed E-state index contributed by atoms with van der Waals surface area (Å²) in [6.45, 7) is 5.14. The third kappa shape index (κ3) is 4.95.